The van der Waals surface area contributed by atoms with Gasteiger partial charge in [0, 0.05) is 17.3 Å². The van der Waals surface area contributed by atoms with Crippen molar-refractivity contribution in [2.75, 3.05) is 0 Å². The van der Waals surface area contributed by atoms with E-state index in [9.17, 15) is 27.9 Å². The number of nitrogens with one attached hydrogen (secondary N) is 2. The molecule has 9 nitrogen and oxygen atoms in total. The molecule has 0 radical (unpaired) electrons. The average Bonchev–Trinajstić information content (AvgIpc) is 2.70. The summed E-state index contributed by atoms with van der Waals surface area (Å²) in [6.07, 6.45) is 1.11. The van der Waals surface area contributed by atoms with Crippen LogP contribution in [0.5, 0.6) is 0 Å². The number of hydrogen-bond donors (Lipinski definition) is 3. The Morgan fingerprint density at radius 1 is 1.03 bits per heavy atom. The van der Waals surface area contributed by atoms with Crippen LogP contribution in [0.2, 0.25) is 5.02 Å². The number of halogens is 1. The number of aromatic nitrogens is 2. The standard InChI is InChI=1S/C19H16ClN3O6S/c20-14-5-1-12(2-6-14)13-3-7-15(8-4-13)30(28,29)22-16(18(25)26)11-23-17(24)9-10-21-19(23)27/h1-10,16,22H,11H2,(H,21,27)(H,25,26). The van der Waals surface area contributed by atoms with E-state index in [1.165, 1.54) is 12.1 Å². The molecule has 30 heavy (non-hydrogen) atoms. The molecule has 0 amide bonds. The third-order valence-electron chi connectivity index (χ3n) is 4.25. The zero-order valence-corrected chi connectivity index (χ0v) is 16.9. The Bertz CT molecular complexity index is 1250. The lowest BCUT2D eigenvalue weighted by atomic mass is 10.1. The number of carbonyl (C=O) groups is 1. The van der Waals surface area contributed by atoms with Gasteiger partial charge in [0.1, 0.15) is 6.04 Å². The second kappa shape index (κ2) is 8.66. The van der Waals surface area contributed by atoms with Gasteiger partial charge in [0.05, 0.1) is 11.4 Å². The van der Waals surface area contributed by atoms with E-state index in [1.54, 1.807) is 36.4 Å². The van der Waals surface area contributed by atoms with Crippen molar-refractivity contribution < 1.29 is 18.3 Å². The largest absolute Gasteiger partial charge is 0.480 e. The third-order valence-corrected chi connectivity index (χ3v) is 5.99. The Hall–Kier alpha value is -3.21. The van der Waals surface area contributed by atoms with Crippen LogP contribution in [0.3, 0.4) is 0 Å². The highest BCUT2D eigenvalue weighted by Crippen LogP contribution is 2.23. The quantitative estimate of drug-likeness (QED) is 0.496. The molecular weight excluding hydrogens is 434 g/mol. The van der Waals surface area contributed by atoms with E-state index < -0.39 is 39.8 Å². The van der Waals surface area contributed by atoms with Crippen molar-refractivity contribution in [3.63, 3.8) is 0 Å². The number of nitrogens with zero attached hydrogens (tertiary/aromatic N) is 1. The average molecular weight is 450 g/mol. The zero-order valence-electron chi connectivity index (χ0n) is 15.3. The molecule has 0 spiro atoms. The third kappa shape index (κ3) is 4.85. The first-order valence-electron chi connectivity index (χ1n) is 8.57. The molecule has 0 aliphatic rings. The van der Waals surface area contributed by atoms with E-state index in [1.807, 2.05) is 4.72 Å². The van der Waals surface area contributed by atoms with Gasteiger partial charge in [-0.2, -0.15) is 4.72 Å². The molecular formula is C19H16ClN3O6S. The van der Waals surface area contributed by atoms with Crippen LogP contribution in [0.1, 0.15) is 0 Å². The number of aromatic amines is 1. The first-order valence-corrected chi connectivity index (χ1v) is 10.4. The van der Waals surface area contributed by atoms with Gasteiger partial charge in [0.15, 0.2) is 0 Å². The summed E-state index contributed by atoms with van der Waals surface area (Å²) in [5, 5.41) is 9.94. The fraction of sp³-hybridized carbons (Fsp3) is 0.105. The number of hydrogen-bond acceptors (Lipinski definition) is 5. The maximum absolute atomic E-state index is 12.6. The first-order chi connectivity index (χ1) is 14.2. The predicted octanol–water partition coefficient (Wildman–Crippen LogP) is 1.29. The first kappa shape index (κ1) is 21.5. The van der Waals surface area contributed by atoms with Crippen LogP contribution in [0, 0.1) is 0 Å². The van der Waals surface area contributed by atoms with Crippen LogP contribution in [0.25, 0.3) is 11.1 Å². The Kier molecular flexibility index (Phi) is 6.20. The molecule has 1 unspecified atom stereocenters. The fourth-order valence-corrected chi connectivity index (χ4v) is 4.00. The number of benzene rings is 2. The van der Waals surface area contributed by atoms with Gasteiger partial charge in [0.2, 0.25) is 10.0 Å². The molecule has 0 bridgehead atoms. The van der Waals surface area contributed by atoms with Crippen LogP contribution in [0.15, 0.2) is 75.3 Å². The summed E-state index contributed by atoms with van der Waals surface area (Å²) in [7, 11) is -4.24. The zero-order chi connectivity index (χ0) is 21.9. The Morgan fingerprint density at radius 2 is 1.60 bits per heavy atom. The monoisotopic (exact) mass is 449 g/mol. The van der Waals surface area contributed by atoms with Crippen molar-refractivity contribution in [2.24, 2.45) is 0 Å². The lowest BCUT2D eigenvalue weighted by Crippen LogP contribution is -2.48. The number of carboxylic acids is 1. The highest BCUT2D eigenvalue weighted by molar-refractivity contribution is 7.89. The molecule has 0 aliphatic heterocycles. The summed E-state index contributed by atoms with van der Waals surface area (Å²) in [4.78, 5) is 37.2. The van der Waals surface area contributed by atoms with Gasteiger partial charge < -0.3 is 10.1 Å². The smallest absolute Gasteiger partial charge is 0.328 e. The molecule has 3 N–H and O–H groups in total. The second-order valence-corrected chi connectivity index (χ2v) is 8.43. The van der Waals surface area contributed by atoms with Crippen LogP contribution in [0.4, 0.5) is 0 Å². The second-order valence-electron chi connectivity index (χ2n) is 6.28. The van der Waals surface area contributed by atoms with Crippen molar-refractivity contribution >= 4 is 27.6 Å². The SMILES string of the molecule is O=C(O)C(Cn1c(=O)cc[nH]c1=O)NS(=O)(=O)c1ccc(-c2ccc(Cl)cc2)cc1. The van der Waals surface area contributed by atoms with Crippen molar-refractivity contribution in [3.8, 4) is 11.1 Å². The van der Waals surface area contributed by atoms with Gasteiger partial charge >= 0.3 is 11.7 Å². The van der Waals surface area contributed by atoms with Crippen LogP contribution in [-0.4, -0.2) is 35.1 Å². The summed E-state index contributed by atoms with van der Waals surface area (Å²) >= 11 is 5.86. The maximum atomic E-state index is 12.6. The molecule has 1 atom stereocenters. The van der Waals surface area contributed by atoms with E-state index in [4.69, 9.17) is 11.6 Å². The highest BCUT2D eigenvalue weighted by Gasteiger charge is 2.26. The minimum atomic E-state index is -4.24. The minimum Gasteiger partial charge on any atom is -0.480 e. The molecule has 0 fully saturated rings. The van der Waals surface area contributed by atoms with Gasteiger partial charge in [-0.05, 0) is 35.4 Å². The van der Waals surface area contributed by atoms with Gasteiger partial charge in [-0.3, -0.25) is 14.2 Å². The van der Waals surface area contributed by atoms with Crippen molar-refractivity contribution in [2.45, 2.75) is 17.5 Å². The summed E-state index contributed by atoms with van der Waals surface area (Å²) in [5.74, 6) is -1.54. The molecule has 0 saturated heterocycles. The molecule has 3 rings (SSSR count). The van der Waals surface area contributed by atoms with Crippen molar-refractivity contribution in [3.05, 3.63) is 86.7 Å². The van der Waals surface area contributed by atoms with Crippen LogP contribution >= 0.6 is 11.6 Å². The number of rotatable bonds is 7. The normalized spacial score (nSPS) is 12.4. The van der Waals surface area contributed by atoms with Gasteiger partial charge in [-0.15, -0.1) is 0 Å². The number of carboxylic acid groups (broad SMARTS) is 1. The Labute approximate surface area is 175 Å². The summed E-state index contributed by atoms with van der Waals surface area (Å²) in [5.41, 5.74) is -0.0399. The minimum absolute atomic E-state index is 0.166. The Morgan fingerprint density at radius 3 is 2.13 bits per heavy atom. The van der Waals surface area contributed by atoms with Gasteiger partial charge in [-0.1, -0.05) is 35.9 Å². The van der Waals surface area contributed by atoms with E-state index in [0.717, 1.165) is 23.4 Å². The molecule has 1 heterocycles. The molecule has 0 aliphatic carbocycles. The van der Waals surface area contributed by atoms with Crippen molar-refractivity contribution in [1.82, 2.24) is 14.3 Å². The molecule has 3 aromatic rings. The predicted molar refractivity (Wildman–Crippen MR) is 110 cm³/mol. The van der Waals surface area contributed by atoms with Crippen LogP contribution in [-0.2, 0) is 21.4 Å². The Balaban J connectivity index is 1.84. The molecule has 2 aromatic carbocycles. The molecule has 0 saturated carbocycles. The van der Waals surface area contributed by atoms with E-state index >= 15 is 0 Å². The number of H-pyrrole nitrogens is 1. The fourth-order valence-electron chi connectivity index (χ4n) is 2.70. The van der Waals surface area contributed by atoms with Crippen LogP contribution < -0.4 is 16.0 Å². The van der Waals surface area contributed by atoms with E-state index in [0.29, 0.717) is 9.59 Å². The van der Waals surface area contributed by atoms with Gasteiger partial charge in [0.25, 0.3) is 5.56 Å². The molecule has 156 valence electrons. The van der Waals surface area contributed by atoms with E-state index in [-0.39, 0.29) is 4.90 Å². The van der Waals surface area contributed by atoms with Gasteiger partial charge in [-0.25, -0.2) is 13.2 Å². The number of sulfonamides is 1. The lowest BCUT2D eigenvalue weighted by Gasteiger charge is -2.15. The topological polar surface area (TPSA) is 138 Å². The molecule has 11 heteroatoms. The lowest BCUT2D eigenvalue weighted by molar-refractivity contribution is -0.139. The van der Waals surface area contributed by atoms with E-state index in [2.05, 4.69) is 4.98 Å². The summed E-state index contributed by atoms with van der Waals surface area (Å²) < 4.78 is 27.9. The maximum Gasteiger partial charge on any atom is 0.328 e. The summed E-state index contributed by atoms with van der Waals surface area (Å²) in [6.45, 7) is -0.674. The number of aliphatic carboxylic acids is 1. The molecule has 1 aromatic heterocycles. The van der Waals surface area contributed by atoms with Crippen molar-refractivity contribution in [1.29, 1.82) is 0 Å². The highest BCUT2D eigenvalue weighted by atomic mass is 35.5. The summed E-state index contributed by atoms with van der Waals surface area (Å²) in [6, 6.07) is 12.1.